The third kappa shape index (κ3) is 2.54. The van der Waals surface area contributed by atoms with Gasteiger partial charge in [0.15, 0.2) is 0 Å². The van der Waals surface area contributed by atoms with Crippen molar-refractivity contribution < 1.29 is 5.11 Å². The smallest absolute Gasteiger partial charge is 0.260 e. The minimum atomic E-state index is -0.116. The van der Waals surface area contributed by atoms with Crippen molar-refractivity contribution in [2.45, 2.75) is 31.7 Å². The zero-order valence-corrected chi connectivity index (χ0v) is 11.3. The van der Waals surface area contributed by atoms with Gasteiger partial charge in [0.2, 0.25) is 5.95 Å². The number of fused-ring (bicyclic) bond motifs is 1. The zero-order chi connectivity index (χ0) is 13.9. The first kappa shape index (κ1) is 13.1. The van der Waals surface area contributed by atoms with Crippen LogP contribution < -0.4 is 10.9 Å². The van der Waals surface area contributed by atoms with E-state index in [9.17, 15) is 4.79 Å². The van der Waals surface area contributed by atoms with E-state index in [4.69, 9.17) is 5.11 Å². The molecule has 0 bridgehead atoms. The van der Waals surface area contributed by atoms with Crippen molar-refractivity contribution in [2.24, 2.45) is 5.92 Å². The van der Waals surface area contributed by atoms with Crippen LogP contribution >= 0.6 is 0 Å². The maximum atomic E-state index is 12.0. The molecular weight excluding hydrogens is 254 g/mol. The summed E-state index contributed by atoms with van der Waals surface area (Å²) in [6.07, 6.45) is 4.13. The lowest BCUT2D eigenvalue weighted by molar-refractivity contribution is 0.254. The first-order chi connectivity index (χ1) is 9.78. The number of benzene rings is 1. The minimum Gasteiger partial charge on any atom is -0.396 e. The fourth-order valence-electron chi connectivity index (χ4n) is 3.07. The van der Waals surface area contributed by atoms with Crippen molar-refractivity contribution in [3.8, 4) is 0 Å². The summed E-state index contributed by atoms with van der Waals surface area (Å²) in [5, 5.41) is 13.0. The molecule has 2 unspecified atom stereocenters. The van der Waals surface area contributed by atoms with E-state index < -0.39 is 0 Å². The molecule has 0 amide bonds. The fraction of sp³-hybridized carbons (Fsp3) is 0.467. The molecule has 2 aromatic rings. The van der Waals surface area contributed by atoms with E-state index in [1.54, 1.807) is 6.07 Å². The highest BCUT2D eigenvalue weighted by atomic mass is 16.3. The number of hydrogen-bond acceptors (Lipinski definition) is 4. The molecule has 1 heterocycles. The molecule has 0 radical (unpaired) electrons. The van der Waals surface area contributed by atoms with E-state index in [0.29, 0.717) is 22.8 Å². The van der Waals surface area contributed by atoms with E-state index in [1.165, 1.54) is 0 Å². The molecule has 1 fully saturated rings. The number of aromatic amines is 1. The largest absolute Gasteiger partial charge is 0.396 e. The minimum absolute atomic E-state index is 0.116. The molecule has 0 saturated heterocycles. The maximum absolute atomic E-state index is 12.0. The van der Waals surface area contributed by atoms with Crippen LogP contribution in [0.5, 0.6) is 0 Å². The second-order valence-corrected chi connectivity index (χ2v) is 5.39. The van der Waals surface area contributed by atoms with Gasteiger partial charge in [0.05, 0.1) is 10.9 Å². The molecule has 106 valence electrons. The molecule has 1 aromatic carbocycles. The van der Waals surface area contributed by atoms with Crippen LogP contribution in [0.4, 0.5) is 5.95 Å². The van der Waals surface area contributed by atoms with E-state index >= 15 is 0 Å². The summed E-state index contributed by atoms with van der Waals surface area (Å²) in [5.41, 5.74) is 0.588. The maximum Gasteiger partial charge on any atom is 0.260 e. The Labute approximate surface area is 117 Å². The highest BCUT2D eigenvalue weighted by molar-refractivity contribution is 5.78. The Balaban J connectivity index is 1.86. The quantitative estimate of drug-likeness (QED) is 0.795. The summed E-state index contributed by atoms with van der Waals surface area (Å²) in [7, 11) is 0. The van der Waals surface area contributed by atoms with Gasteiger partial charge < -0.3 is 10.4 Å². The third-order valence-electron chi connectivity index (χ3n) is 4.09. The van der Waals surface area contributed by atoms with Gasteiger partial charge in [-0.15, -0.1) is 0 Å². The number of rotatable bonds is 4. The summed E-state index contributed by atoms with van der Waals surface area (Å²) in [5.74, 6) is 0.986. The number of aliphatic hydroxyl groups is 1. The van der Waals surface area contributed by atoms with Crippen LogP contribution in [0, 0.1) is 5.92 Å². The van der Waals surface area contributed by atoms with Gasteiger partial charge in [-0.25, -0.2) is 4.98 Å². The predicted molar refractivity (Wildman–Crippen MR) is 78.8 cm³/mol. The number of anilines is 1. The molecule has 5 heteroatoms. The van der Waals surface area contributed by atoms with Gasteiger partial charge in [0.1, 0.15) is 0 Å². The molecule has 2 atom stereocenters. The highest BCUT2D eigenvalue weighted by Gasteiger charge is 2.27. The van der Waals surface area contributed by atoms with Crippen LogP contribution in [0.1, 0.15) is 25.7 Å². The number of aromatic nitrogens is 2. The molecule has 1 aliphatic rings. The van der Waals surface area contributed by atoms with Gasteiger partial charge in [0, 0.05) is 12.6 Å². The molecule has 0 aliphatic heterocycles. The monoisotopic (exact) mass is 273 g/mol. The fourth-order valence-corrected chi connectivity index (χ4v) is 3.07. The van der Waals surface area contributed by atoms with E-state index in [-0.39, 0.29) is 18.2 Å². The first-order valence-corrected chi connectivity index (χ1v) is 7.14. The number of para-hydroxylation sites is 1. The molecule has 3 rings (SSSR count). The first-order valence-electron chi connectivity index (χ1n) is 7.14. The molecule has 20 heavy (non-hydrogen) atoms. The second-order valence-electron chi connectivity index (χ2n) is 5.39. The van der Waals surface area contributed by atoms with E-state index in [1.807, 2.05) is 18.2 Å². The molecular formula is C15H19N3O2. The van der Waals surface area contributed by atoms with E-state index in [0.717, 1.165) is 25.7 Å². The standard InChI is InChI=1S/C15H19N3O2/c19-9-8-10-4-3-7-12(10)16-15-17-13-6-2-1-5-11(13)14(20)18-15/h1-2,5-6,10,12,19H,3-4,7-9H2,(H2,16,17,18,20). The number of aliphatic hydroxyl groups excluding tert-OH is 1. The number of nitrogens with one attached hydrogen (secondary N) is 2. The van der Waals surface area contributed by atoms with Gasteiger partial charge in [-0.2, -0.15) is 0 Å². The van der Waals surface area contributed by atoms with Crippen molar-refractivity contribution >= 4 is 16.9 Å². The third-order valence-corrected chi connectivity index (χ3v) is 4.09. The van der Waals surface area contributed by atoms with Crippen molar-refractivity contribution in [3.63, 3.8) is 0 Å². The number of nitrogens with zero attached hydrogens (tertiary/aromatic N) is 1. The molecule has 1 aliphatic carbocycles. The highest BCUT2D eigenvalue weighted by Crippen LogP contribution is 2.30. The summed E-state index contributed by atoms with van der Waals surface area (Å²) < 4.78 is 0. The van der Waals surface area contributed by atoms with Crippen LogP contribution in [0.3, 0.4) is 0 Å². The lowest BCUT2D eigenvalue weighted by Gasteiger charge is -2.20. The summed E-state index contributed by atoms with van der Waals surface area (Å²) >= 11 is 0. The SMILES string of the molecule is O=c1[nH]c(NC2CCCC2CCO)nc2ccccc12. The average molecular weight is 273 g/mol. The molecule has 3 N–H and O–H groups in total. The van der Waals surface area contributed by atoms with Crippen molar-refractivity contribution in [1.29, 1.82) is 0 Å². The van der Waals surface area contributed by atoms with Crippen LogP contribution in [0.25, 0.3) is 10.9 Å². The lowest BCUT2D eigenvalue weighted by Crippen LogP contribution is -2.27. The second kappa shape index (κ2) is 5.63. The van der Waals surface area contributed by atoms with Gasteiger partial charge in [0.25, 0.3) is 5.56 Å². The van der Waals surface area contributed by atoms with E-state index in [2.05, 4.69) is 15.3 Å². The Morgan fingerprint density at radius 3 is 3.05 bits per heavy atom. The molecule has 0 spiro atoms. The lowest BCUT2D eigenvalue weighted by atomic mass is 10.0. The van der Waals surface area contributed by atoms with Gasteiger partial charge in [-0.1, -0.05) is 18.6 Å². The van der Waals surface area contributed by atoms with Gasteiger partial charge in [-0.3, -0.25) is 9.78 Å². The molecule has 1 saturated carbocycles. The van der Waals surface area contributed by atoms with Crippen molar-refractivity contribution in [2.75, 3.05) is 11.9 Å². The van der Waals surface area contributed by atoms with Crippen molar-refractivity contribution in [3.05, 3.63) is 34.6 Å². The van der Waals surface area contributed by atoms with Crippen molar-refractivity contribution in [1.82, 2.24) is 9.97 Å². The Morgan fingerprint density at radius 1 is 1.35 bits per heavy atom. The molecule has 1 aromatic heterocycles. The summed E-state index contributed by atoms with van der Waals surface area (Å²) in [6, 6.07) is 7.61. The van der Waals surface area contributed by atoms with Crippen LogP contribution in [-0.4, -0.2) is 27.7 Å². The van der Waals surface area contributed by atoms with Crippen LogP contribution in [-0.2, 0) is 0 Å². The van der Waals surface area contributed by atoms with Gasteiger partial charge in [-0.05, 0) is 37.3 Å². The predicted octanol–water partition coefficient (Wildman–Crippen LogP) is 1.89. The van der Waals surface area contributed by atoms with Crippen LogP contribution in [0.15, 0.2) is 29.1 Å². The van der Waals surface area contributed by atoms with Crippen LogP contribution in [0.2, 0.25) is 0 Å². The Hall–Kier alpha value is -1.88. The zero-order valence-electron chi connectivity index (χ0n) is 11.3. The number of H-pyrrole nitrogens is 1. The average Bonchev–Trinajstić information content (AvgIpc) is 2.87. The summed E-state index contributed by atoms with van der Waals surface area (Å²) in [6.45, 7) is 0.213. The molecule has 5 nitrogen and oxygen atoms in total. The Bertz CT molecular complexity index is 653. The van der Waals surface area contributed by atoms with Gasteiger partial charge >= 0.3 is 0 Å². The number of hydrogen-bond donors (Lipinski definition) is 3. The topological polar surface area (TPSA) is 78.0 Å². The Kier molecular flexibility index (Phi) is 3.69. The Morgan fingerprint density at radius 2 is 2.20 bits per heavy atom. The normalized spacial score (nSPS) is 22.2. The summed E-state index contributed by atoms with van der Waals surface area (Å²) in [4.78, 5) is 19.3.